The lowest BCUT2D eigenvalue weighted by molar-refractivity contribution is -0.131. The summed E-state index contributed by atoms with van der Waals surface area (Å²) in [5.74, 6) is -1.80. The first-order valence-corrected chi connectivity index (χ1v) is 8.30. The van der Waals surface area contributed by atoms with Gasteiger partial charge >= 0.3 is 5.97 Å². The molecule has 0 radical (unpaired) electrons. The fraction of sp³-hybridized carbons (Fsp3) is 0.556. The summed E-state index contributed by atoms with van der Waals surface area (Å²) in [6, 6.07) is 4.71. The fourth-order valence-corrected chi connectivity index (χ4v) is 3.79. The summed E-state index contributed by atoms with van der Waals surface area (Å²) in [4.78, 5) is 27.6. The number of carboxylic acids is 1. The third-order valence-corrected chi connectivity index (χ3v) is 5.23. The van der Waals surface area contributed by atoms with Crippen LogP contribution in [0.5, 0.6) is 0 Å². The lowest BCUT2D eigenvalue weighted by Gasteiger charge is -2.34. The molecular weight excluding hydrogens is 311 g/mol. The number of fused-ring (bicyclic) bond motifs is 1. The smallest absolute Gasteiger partial charge is 0.335 e. The maximum Gasteiger partial charge on any atom is 0.335 e. The third-order valence-electron chi connectivity index (χ3n) is 5.23. The van der Waals surface area contributed by atoms with E-state index in [1.54, 1.807) is 12.1 Å². The van der Waals surface area contributed by atoms with E-state index in [4.69, 9.17) is 0 Å². The summed E-state index contributed by atoms with van der Waals surface area (Å²) in [6.07, 6.45) is 0.216. The summed E-state index contributed by atoms with van der Waals surface area (Å²) in [6.45, 7) is 5.35. The molecule has 130 valence electrons. The molecule has 2 fully saturated rings. The van der Waals surface area contributed by atoms with Crippen LogP contribution in [0.4, 0.5) is 10.1 Å². The number of alkyl halides is 1. The Morgan fingerprint density at radius 3 is 2.71 bits per heavy atom. The zero-order valence-electron chi connectivity index (χ0n) is 14.3. The molecule has 2 aliphatic heterocycles. The molecule has 2 saturated heterocycles. The van der Waals surface area contributed by atoms with Crippen LogP contribution in [0.15, 0.2) is 18.2 Å². The maximum atomic E-state index is 15.3. The second-order valence-electron chi connectivity index (χ2n) is 7.22. The molecule has 0 bridgehead atoms. The number of aromatic carboxylic acids is 1. The number of carboxylic acid groups (broad SMARTS) is 1. The van der Waals surface area contributed by atoms with E-state index in [1.165, 1.54) is 11.0 Å². The van der Waals surface area contributed by atoms with E-state index in [9.17, 15) is 14.7 Å². The first-order chi connectivity index (χ1) is 11.2. The van der Waals surface area contributed by atoms with Crippen molar-refractivity contribution in [2.75, 3.05) is 31.6 Å². The highest BCUT2D eigenvalue weighted by Gasteiger charge is 2.57. The molecule has 1 aromatic rings. The minimum atomic E-state index is -1.80. The lowest BCUT2D eigenvalue weighted by Crippen LogP contribution is -2.49. The average Bonchev–Trinajstić information content (AvgIpc) is 2.79. The Hall–Kier alpha value is -1.95. The summed E-state index contributed by atoms with van der Waals surface area (Å²) in [5, 5.41) is 9.19. The first kappa shape index (κ1) is 16.9. The Bertz CT molecular complexity index is 691. The first-order valence-electron chi connectivity index (χ1n) is 8.30. The lowest BCUT2D eigenvalue weighted by atomic mass is 9.85. The van der Waals surface area contributed by atoms with Crippen LogP contribution in [-0.4, -0.2) is 54.2 Å². The van der Waals surface area contributed by atoms with Crippen LogP contribution in [0.3, 0.4) is 0 Å². The van der Waals surface area contributed by atoms with Gasteiger partial charge in [0.15, 0.2) is 5.67 Å². The Morgan fingerprint density at radius 2 is 2.08 bits per heavy atom. The van der Waals surface area contributed by atoms with Gasteiger partial charge in [0, 0.05) is 37.7 Å². The predicted octanol–water partition coefficient (Wildman–Crippen LogP) is 2.51. The number of halogens is 1. The minimum Gasteiger partial charge on any atom is -0.478 e. The molecule has 5 nitrogen and oxygen atoms in total. The van der Waals surface area contributed by atoms with Crippen molar-refractivity contribution < 1.29 is 19.1 Å². The van der Waals surface area contributed by atoms with E-state index in [2.05, 4.69) is 4.90 Å². The Labute approximate surface area is 141 Å². The SMILES string of the molecule is CC(C)c1cc(C(=O)O)ccc1N1C[C@@H]2CN(C)CC[C@]2(F)C1=O. The van der Waals surface area contributed by atoms with Gasteiger partial charge in [-0.15, -0.1) is 0 Å². The van der Waals surface area contributed by atoms with Gasteiger partial charge in [-0.3, -0.25) is 4.79 Å². The van der Waals surface area contributed by atoms with Crippen molar-refractivity contribution in [1.82, 2.24) is 4.90 Å². The van der Waals surface area contributed by atoms with Crippen LogP contribution < -0.4 is 4.90 Å². The summed E-state index contributed by atoms with van der Waals surface area (Å²) in [5.41, 5.74) is -0.221. The van der Waals surface area contributed by atoms with Gasteiger partial charge in [0.2, 0.25) is 0 Å². The highest BCUT2D eigenvalue weighted by Crippen LogP contribution is 2.43. The molecule has 0 aliphatic carbocycles. The van der Waals surface area contributed by atoms with Crippen molar-refractivity contribution >= 4 is 17.6 Å². The highest BCUT2D eigenvalue weighted by molar-refractivity contribution is 6.03. The number of anilines is 1. The van der Waals surface area contributed by atoms with Crippen molar-refractivity contribution in [1.29, 1.82) is 0 Å². The van der Waals surface area contributed by atoms with Gasteiger partial charge in [0.05, 0.1) is 5.56 Å². The standard InChI is InChI=1S/C18H23FN2O3/c1-11(2)14-8-12(16(22)23)4-5-15(14)21-10-13-9-20(3)7-6-18(13,19)17(21)24/h4-5,8,11,13H,6-7,9-10H2,1-3H3,(H,22,23)/t13-,18+/m0/s1. The summed E-state index contributed by atoms with van der Waals surface area (Å²) in [7, 11) is 1.94. The molecular formula is C18H23FN2O3. The van der Waals surface area contributed by atoms with E-state index in [1.807, 2.05) is 20.9 Å². The molecule has 2 heterocycles. The van der Waals surface area contributed by atoms with E-state index >= 15 is 4.39 Å². The van der Waals surface area contributed by atoms with Crippen LogP contribution >= 0.6 is 0 Å². The molecule has 6 heteroatoms. The molecule has 2 aliphatic rings. The number of hydrogen-bond donors (Lipinski definition) is 1. The molecule has 0 saturated carbocycles. The van der Waals surface area contributed by atoms with Crippen molar-refractivity contribution in [2.45, 2.75) is 31.9 Å². The van der Waals surface area contributed by atoms with Crippen molar-refractivity contribution in [3.8, 4) is 0 Å². The molecule has 24 heavy (non-hydrogen) atoms. The van der Waals surface area contributed by atoms with Crippen molar-refractivity contribution in [3.63, 3.8) is 0 Å². The van der Waals surface area contributed by atoms with Crippen LogP contribution in [0.25, 0.3) is 0 Å². The van der Waals surface area contributed by atoms with Crippen molar-refractivity contribution in [3.05, 3.63) is 29.3 Å². The second kappa shape index (κ2) is 5.84. The normalized spacial score (nSPS) is 27.6. The molecule has 0 unspecified atom stereocenters. The van der Waals surface area contributed by atoms with Crippen LogP contribution in [-0.2, 0) is 4.79 Å². The topological polar surface area (TPSA) is 60.9 Å². The predicted molar refractivity (Wildman–Crippen MR) is 89.3 cm³/mol. The number of nitrogens with zero attached hydrogens (tertiary/aromatic N) is 2. The zero-order chi connectivity index (χ0) is 17.6. The number of amides is 1. The Balaban J connectivity index is 2.00. The van der Waals surface area contributed by atoms with Crippen molar-refractivity contribution in [2.24, 2.45) is 5.92 Å². The average molecular weight is 334 g/mol. The summed E-state index contributed by atoms with van der Waals surface area (Å²) >= 11 is 0. The van der Waals surface area contributed by atoms with Gasteiger partial charge in [-0.25, -0.2) is 9.18 Å². The van der Waals surface area contributed by atoms with Crippen LogP contribution in [0.2, 0.25) is 0 Å². The maximum absolute atomic E-state index is 15.3. The number of likely N-dealkylation sites (tertiary alicyclic amines) is 1. The second-order valence-corrected chi connectivity index (χ2v) is 7.22. The molecule has 2 atom stereocenters. The monoisotopic (exact) mass is 334 g/mol. The molecule has 0 aromatic heterocycles. The van der Waals surface area contributed by atoms with E-state index in [0.717, 1.165) is 5.56 Å². The summed E-state index contributed by atoms with van der Waals surface area (Å²) < 4.78 is 15.3. The number of carbonyl (C=O) groups excluding carboxylic acids is 1. The van der Waals surface area contributed by atoms with Gasteiger partial charge in [-0.05, 0) is 36.7 Å². The number of hydrogen-bond acceptors (Lipinski definition) is 3. The van der Waals surface area contributed by atoms with Gasteiger partial charge in [0.1, 0.15) is 0 Å². The number of piperidine rings is 1. The molecule has 3 rings (SSSR count). The van der Waals surface area contributed by atoms with Gasteiger partial charge in [-0.2, -0.15) is 0 Å². The molecule has 1 N–H and O–H groups in total. The van der Waals surface area contributed by atoms with E-state index in [0.29, 0.717) is 25.3 Å². The van der Waals surface area contributed by atoms with E-state index in [-0.39, 0.29) is 23.8 Å². The largest absolute Gasteiger partial charge is 0.478 e. The molecule has 0 spiro atoms. The zero-order valence-corrected chi connectivity index (χ0v) is 14.3. The Morgan fingerprint density at radius 1 is 1.38 bits per heavy atom. The quantitative estimate of drug-likeness (QED) is 0.923. The van der Waals surface area contributed by atoms with Crippen LogP contribution in [0.1, 0.15) is 42.1 Å². The fourth-order valence-electron chi connectivity index (χ4n) is 3.79. The van der Waals surface area contributed by atoms with E-state index < -0.39 is 17.5 Å². The minimum absolute atomic E-state index is 0.0352. The molecule has 1 aromatic carbocycles. The number of rotatable bonds is 3. The Kier molecular flexibility index (Phi) is 4.11. The van der Waals surface area contributed by atoms with Gasteiger partial charge < -0.3 is 14.9 Å². The number of carbonyl (C=O) groups is 2. The van der Waals surface area contributed by atoms with Gasteiger partial charge in [-0.1, -0.05) is 13.8 Å². The van der Waals surface area contributed by atoms with Gasteiger partial charge in [0.25, 0.3) is 5.91 Å². The highest BCUT2D eigenvalue weighted by atomic mass is 19.1. The van der Waals surface area contributed by atoms with Crippen LogP contribution in [0, 0.1) is 5.92 Å². The number of benzene rings is 1. The molecule has 1 amide bonds. The third kappa shape index (κ3) is 2.59.